The summed E-state index contributed by atoms with van der Waals surface area (Å²) in [6.45, 7) is 6.99. The molecule has 0 radical (unpaired) electrons. The zero-order chi connectivity index (χ0) is 35.6. The van der Waals surface area contributed by atoms with Crippen LogP contribution in [0.15, 0.2) is 66.7 Å². The normalized spacial score (nSPS) is 14.3. The van der Waals surface area contributed by atoms with Crippen molar-refractivity contribution in [1.82, 2.24) is 0 Å². The molecule has 0 saturated carbocycles. The van der Waals surface area contributed by atoms with E-state index in [1.54, 1.807) is 42.5 Å². The molecular formula is C43H56O7. The maximum absolute atomic E-state index is 13.0. The van der Waals surface area contributed by atoms with Gasteiger partial charge in [0.15, 0.2) is 0 Å². The van der Waals surface area contributed by atoms with Gasteiger partial charge >= 0.3 is 17.9 Å². The van der Waals surface area contributed by atoms with Gasteiger partial charge in [0.2, 0.25) is 0 Å². The minimum absolute atomic E-state index is 0.173. The lowest BCUT2D eigenvalue weighted by atomic mass is 9.84. The molecule has 0 aromatic heterocycles. The van der Waals surface area contributed by atoms with Gasteiger partial charge in [-0.15, -0.1) is 0 Å². The van der Waals surface area contributed by atoms with Gasteiger partial charge in [-0.2, -0.15) is 0 Å². The molecule has 4 rings (SSSR count). The van der Waals surface area contributed by atoms with Gasteiger partial charge in [0.25, 0.3) is 0 Å². The van der Waals surface area contributed by atoms with Gasteiger partial charge in [-0.05, 0) is 104 Å². The molecule has 270 valence electrons. The second-order valence-corrected chi connectivity index (χ2v) is 13.7. The molecule has 0 heterocycles. The monoisotopic (exact) mass is 684 g/mol. The second kappa shape index (κ2) is 21.2. The Hall–Kier alpha value is -4.13. The molecule has 50 heavy (non-hydrogen) atoms. The number of benzene rings is 3. The number of hydrogen-bond donors (Lipinski definition) is 0. The van der Waals surface area contributed by atoms with Crippen LogP contribution in [0.5, 0.6) is 23.0 Å². The van der Waals surface area contributed by atoms with Crippen LogP contribution < -0.4 is 18.9 Å². The van der Waals surface area contributed by atoms with E-state index in [-0.39, 0.29) is 23.8 Å². The van der Waals surface area contributed by atoms with Crippen molar-refractivity contribution in [3.05, 3.63) is 83.4 Å². The van der Waals surface area contributed by atoms with E-state index in [4.69, 9.17) is 18.9 Å². The third kappa shape index (κ3) is 13.0. The Kier molecular flexibility index (Phi) is 16.4. The Labute approximate surface area is 299 Å². The van der Waals surface area contributed by atoms with Crippen molar-refractivity contribution >= 4 is 17.9 Å². The molecule has 0 aliphatic heterocycles. The van der Waals surface area contributed by atoms with Crippen LogP contribution in [-0.2, 0) is 22.4 Å². The first kappa shape index (κ1) is 38.7. The molecule has 7 heteroatoms. The Morgan fingerprint density at radius 3 is 1.92 bits per heavy atom. The predicted octanol–water partition coefficient (Wildman–Crippen LogP) is 10.6. The van der Waals surface area contributed by atoms with Crippen LogP contribution in [0.1, 0.15) is 132 Å². The highest BCUT2D eigenvalue weighted by atomic mass is 16.5. The van der Waals surface area contributed by atoms with Gasteiger partial charge in [-0.3, -0.25) is 9.59 Å². The standard InChI is InChI=1S/C43H56O7/c1-4-6-8-10-11-12-13-15-29-47-37-25-27-39(28-26-37)49-43(46)36-18-17-35-31-40(24-21-34(35)30-36)50-42(45)33-19-22-38(23-20-33)48-41(44)32(3)16-14-9-7-5-2/h19-28,31-32,36H,4-18,29-30H2,1-3H3/t32-,36?/m0/s1. The summed E-state index contributed by atoms with van der Waals surface area (Å²) < 4.78 is 22.8. The molecule has 0 spiro atoms. The summed E-state index contributed by atoms with van der Waals surface area (Å²) in [5, 5.41) is 0. The molecule has 1 aliphatic carbocycles. The minimum atomic E-state index is -0.492. The summed E-state index contributed by atoms with van der Waals surface area (Å²) in [5.41, 5.74) is 2.47. The first-order valence-corrected chi connectivity index (χ1v) is 19.0. The quantitative estimate of drug-likeness (QED) is 0.0627. The Morgan fingerprint density at radius 1 is 0.640 bits per heavy atom. The van der Waals surface area contributed by atoms with E-state index < -0.39 is 5.97 Å². The van der Waals surface area contributed by atoms with Crippen molar-refractivity contribution in [1.29, 1.82) is 0 Å². The van der Waals surface area contributed by atoms with E-state index in [9.17, 15) is 14.4 Å². The van der Waals surface area contributed by atoms with Crippen molar-refractivity contribution in [3.8, 4) is 23.0 Å². The Bertz CT molecular complexity index is 1480. The average Bonchev–Trinajstić information content (AvgIpc) is 3.13. The maximum atomic E-state index is 13.0. The molecular weight excluding hydrogens is 628 g/mol. The largest absolute Gasteiger partial charge is 0.494 e. The van der Waals surface area contributed by atoms with Crippen LogP contribution in [0.4, 0.5) is 0 Å². The molecule has 0 bridgehead atoms. The SMILES string of the molecule is CCCCCCCCCCOc1ccc(OC(=O)C2CCc3cc(OC(=O)c4ccc(OC(=O)[C@@H](C)CCCCCC)cc4)ccc3C2)cc1. The fourth-order valence-corrected chi connectivity index (χ4v) is 6.26. The molecule has 0 fully saturated rings. The van der Waals surface area contributed by atoms with E-state index in [0.29, 0.717) is 48.7 Å². The number of aryl methyl sites for hydroxylation is 1. The van der Waals surface area contributed by atoms with Crippen LogP contribution >= 0.6 is 0 Å². The Balaban J connectivity index is 1.18. The highest BCUT2D eigenvalue weighted by Crippen LogP contribution is 2.31. The van der Waals surface area contributed by atoms with Crippen LogP contribution in [0.2, 0.25) is 0 Å². The summed E-state index contributed by atoms with van der Waals surface area (Å²) in [6.07, 6.45) is 17.3. The second-order valence-electron chi connectivity index (χ2n) is 13.7. The molecule has 0 saturated heterocycles. The number of rotatable bonds is 21. The Morgan fingerprint density at radius 2 is 1.22 bits per heavy atom. The summed E-state index contributed by atoms with van der Waals surface area (Å²) in [5.74, 6) is 0.746. The topological polar surface area (TPSA) is 88.1 Å². The number of fused-ring (bicyclic) bond motifs is 1. The fraction of sp³-hybridized carbons (Fsp3) is 0.512. The maximum Gasteiger partial charge on any atom is 0.343 e. The molecule has 2 atom stereocenters. The first-order chi connectivity index (χ1) is 24.4. The molecule has 0 N–H and O–H groups in total. The molecule has 3 aromatic rings. The van der Waals surface area contributed by atoms with Crippen molar-refractivity contribution in [2.24, 2.45) is 11.8 Å². The molecule has 0 amide bonds. The number of carbonyl (C=O) groups is 3. The van der Waals surface area contributed by atoms with Crippen molar-refractivity contribution in [3.63, 3.8) is 0 Å². The zero-order valence-corrected chi connectivity index (χ0v) is 30.4. The van der Waals surface area contributed by atoms with Crippen LogP contribution in [0, 0.1) is 11.8 Å². The molecule has 1 aliphatic rings. The lowest BCUT2D eigenvalue weighted by molar-refractivity contribution is -0.139. The van der Waals surface area contributed by atoms with Crippen molar-refractivity contribution in [2.45, 2.75) is 124 Å². The molecule has 7 nitrogen and oxygen atoms in total. The van der Waals surface area contributed by atoms with Gasteiger partial charge in [-0.1, -0.05) is 97.5 Å². The van der Waals surface area contributed by atoms with Gasteiger partial charge in [0.1, 0.15) is 23.0 Å². The van der Waals surface area contributed by atoms with Gasteiger partial charge in [0.05, 0.1) is 24.0 Å². The summed E-state index contributed by atoms with van der Waals surface area (Å²) >= 11 is 0. The summed E-state index contributed by atoms with van der Waals surface area (Å²) in [7, 11) is 0. The predicted molar refractivity (Wildman–Crippen MR) is 197 cm³/mol. The molecule has 1 unspecified atom stereocenters. The number of unbranched alkanes of at least 4 members (excludes halogenated alkanes) is 10. The number of ether oxygens (including phenoxy) is 4. The first-order valence-electron chi connectivity index (χ1n) is 19.0. The number of hydrogen-bond acceptors (Lipinski definition) is 7. The smallest absolute Gasteiger partial charge is 0.343 e. The van der Waals surface area contributed by atoms with E-state index in [2.05, 4.69) is 13.8 Å². The van der Waals surface area contributed by atoms with Gasteiger partial charge in [0, 0.05) is 0 Å². The van der Waals surface area contributed by atoms with E-state index in [0.717, 1.165) is 49.0 Å². The highest BCUT2D eigenvalue weighted by Gasteiger charge is 2.27. The van der Waals surface area contributed by atoms with E-state index >= 15 is 0 Å². The van der Waals surface area contributed by atoms with Crippen LogP contribution in [0.3, 0.4) is 0 Å². The average molecular weight is 685 g/mol. The van der Waals surface area contributed by atoms with Crippen molar-refractivity contribution < 1.29 is 33.3 Å². The van der Waals surface area contributed by atoms with Crippen molar-refractivity contribution in [2.75, 3.05) is 6.61 Å². The van der Waals surface area contributed by atoms with Gasteiger partial charge in [-0.25, -0.2) is 4.79 Å². The third-order valence-corrected chi connectivity index (χ3v) is 9.46. The summed E-state index contributed by atoms with van der Waals surface area (Å²) in [6, 6.07) is 19.3. The number of carbonyl (C=O) groups excluding carboxylic acids is 3. The van der Waals surface area contributed by atoms with Gasteiger partial charge < -0.3 is 18.9 Å². The third-order valence-electron chi connectivity index (χ3n) is 9.46. The van der Waals surface area contributed by atoms with E-state index in [1.807, 2.05) is 31.2 Å². The fourth-order valence-electron chi connectivity index (χ4n) is 6.26. The summed E-state index contributed by atoms with van der Waals surface area (Å²) in [4.78, 5) is 38.3. The highest BCUT2D eigenvalue weighted by molar-refractivity contribution is 5.91. The lowest BCUT2D eigenvalue weighted by Crippen LogP contribution is -2.26. The molecule has 3 aromatic carbocycles. The lowest BCUT2D eigenvalue weighted by Gasteiger charge is -2.23. The van der Waals surface area contributed by atoms with Crippen LogP contribution in [0.25, 0.3) is 0 Å². The number of esters is 3. The van der Waals surface area contributed by atoms with Crippen LogP contribution in [-0.4, -0.2) is 24.5 Å². The van der Waals surface area contributed by atoms with E-state index in [1.165, 1.54) is 51.4 Å². The minimum Gasteiger partial charge on any atom is -0.494 e. The zero-order valence-electron chi connectivity index (χ0n) is 30.4.